The lowest BCUT2D eigenvalue weighted by Crippen LogP contribution is -2.59. The number of carbonyl (C=O) groups is 1. The van der Waals surface area contributed by atoms with E-state index in [4.69, 9.17) is 18.9 Å². The van der Waals surface area contributed by atoms with Gasteiger partial charge in [0.25, 0.3) is 0 Å². The largest absolute Gasteiger partial charge is 0.457 e. The normalized spacial score (nSPS) is 20.3. The SMILES string of the molecule is CCCCCCCC/C=C\CCCCCCCCCCCC(=O)OC(COCCCCCCCC/C=C\CCCCCCCCC)COC1OC(CO)C(O)C(O)C1O. The second-order valence-corrected chi connectivity index (χ2v) is 17.3. The first-order chi connectivity index (χ1) is 28.9. The highest BCUT2D eigenvalue weighted by molar-refractivity contribution is 5.69. The number of ether oxygens (including phenoxy) is 4. The van der Waals surface area contributed by atoms with Crippen molar-refractivity contribution in [1.82, 2.24) is 0 Å². The highest BCUT2D eigenvalue weighted by atomic mass is 16.7. The van der Waals surface area contributed by atoms with Crippen molar-refractivity contribution in [1.29, 1.82) is 0 Å². The average molecular weight is 839 g/mol. The smallest absolute Gasteiger partial charge is 0.306 e. The van der Waals surface area contributed by atoms with Gasteiger partial charge in [0, 0.05) is 13.0 Å². The molecule has 6 unspecified atom stereocenters. The molecule has 1 rings (SSSR count). The van der Waals surface area contributed by atoms with Crippen LogP contribution in [0.15, 0.2) is 24.3 Å². The number of aliphatic hydroxyl groups is 4. The van der Waals surface area contributed by atoms with E-state index in [0.29, 0.717) is 13.0 Å². The molecule has 0 amide bonds. The van der Waals surface area contributed by atoms with Crippen molar-refractivity contribution in [2.75, 3.05) is 26.4 Å². The molecule has 59 heavy (non-hydrogen) atoms. The Balaban J connectivity index is 2.22. The molecule has 0 aromatic carbocycles. The lowest BCUT2D eigenvalue weighted by molar-refractivity contribution is -0.305. The van der Waals surface area contributed by atoms with Crippen molar-refractivity contribution in [3.8, 4) is 0 Å². The summed E-state index contributed by atoms with van der Waals surface area (Å²) in [5.41, 5.74) is 0. The molecule has 1 saturated heterocycles. The molecule has 0 aromatic heterocycles. The van der Waals surface area contributed by atoms with Gasteiger partial charge in [-0.25, -0.2) is 0 Å². The fourth-order valence-electron chi connectivity index (χ4n) is 7.66. The van der Waals surface area contributed by atoms with Crippen LogP contribution in [0, 0.1) is 0 Å². The van der Waals surface area contributed by atoms with E-state index < -0.39 is 43.4 Å². The molecule has 0 spiro atoms. The van der Waals surface area contributed by atoms with Gasteiger partial charge in [-0.1, -0.05) is 179 Å². The van der Waals surface area contributed by atoms with Crippen molar-refractivity contribution < 1.29 is 44.2 Å². The molecule has 0 radical (unpaired) electrons. The van der Waals surface area contributed by atoms with Crippen molar-refractivity contribution in [3.63, 3.8) is 0 Å². The second kappa shape index (κ2) is 42.0. The first-order valence-corrected chi connectivity index (χ1v) is 24.9. The number of carbonyl (C=O) groups excluding carboxylic acids is 1. The zero-order valence-corrected chi connectivity index (χ0v) is 38.3. The van der Waals surface area contributed by atoms with Gasteiger partial charge in [-0.15, -0.1) is 0 Å². The van der Waals surface area contributed by atoms with E-state index in [-0.39, 0.29) is 19.2 Å². The number of allylic oxidation sites excluding steroid dienone is 4. The Labute approximate surface area is 362 Å². The van der Waals surface area contributed by atoms with Gasteiger partial charge in [-0.05, 0) is 64.2 Å². The number of unbranched alkanes of at least 4 members (excludes halogenated alkanes) is 28. The summed E-state index contributed by atoms with van der Waals surface area (Å²) in [6, 6.07) is 0. The van der Waals surface area contributed by atoms with Crippen molar-refractivity contribution >= 4 is 5.97 Å². The van der Waals surface area contributed by atoms with Crippen molar-refractivity contribution in [2.45, 2.75) is 263 Å². The van der Waals surface area contributed by atoms with Crippen LogP contribution in [-0.2, 0) is 23.7 Å². The number of esters is 1. The fraction of sp³-hybridized carbons (Fsp3) is 0.900. The summed E-state index contributed by atoms with van der Waals surface area (Å²) in [6.07, 6.45) is 42.0. The monoisotopic (exact) mass is 839 g/mol. The van der Waals surface area contributed by atoms with Crippen LogP contribution in [0.3, 0.4) is 0 Å². The molecular weight excluding hydrogens is 745 g/mol. The quantitative estimate of drug-likeness (QED) is 0.0269. The predicted molar refractivity (Wildman–Crippen MR) is 242 cm³/mol. The van der Waals surface area contributed by atoms with Crippen LogP contribution in [-0.4, -0.2) is 89.6 Å². The third-order valence-electron chi connectivity index (χ3n) is 11.6. The summed E-state index contributed by atoms with van der Waals surface area (Å²) in [6.45, 7) is 4.57. The molecule has 1 aliphatic rings. The van der Waals surface area contributed by atoms with E-state index in [1.165, 1.54) is 173 Å². The van der Waals surface area contributed by atoms with Crippen molar-refractivity contribution in [2.24, 2.45) is 0 Å². The molecule has 0 saturated carbocycles. The van der Waals surface area contributed by atoms with E-state index in [9.17, 15) is 25.2 Å². The number of aliphatic hydroxyl groups excluding tert-OH is 4. The lowest BCUT2D eigenvalue weighted by atomic mass is 9.99. The predicted octanol–water partition coefficient (Wildman–Crippen LogP) is 11.8. The van der Waals surface area contributed by atoms with E-state index >= 15 is 0 Å². The standard InChI is InChI=1S/C50H94O9/c1-3-5-7-9-11-13-15-17-19-21-22-23-25-27-29-31-33-35-37-39-46(52)58-44(43-57-50-49(55)48(54)47(53)45(41-51)59-50)42-56-40-38-36-34-32-30-28-26-24-20-18-16-14-12-10-8-6-4-2/h17,19-20,24,44-45,47-51,53-55H,3-16,18,21-23,25-43H2,1-2H3/b19-17-,24-20-. The third kappa shape index (κ3) is 33.0. The highest BCUT2D eigenvalue weighted by Crippen LogP contribution is 2.23. The summed E-state index contributed by atoms with van der Waals surface area (Å²) >= 11 is 0. The maximum absolute atomic E-state index is 12.8. The van der Waals surface area contributed by atoms with Crippen LogP contribution in [0.25, 0.3) is 0 Å². The van der Waals surface area contributed by atoms with Gasteiger partial charge in [-0.2, -0.15) is 0 Å². The van der Waals surface area contributed by atoms with Crippen LogP contribution >= 0.6 is 0 Å². The average Bonchev–Trinajstić information content (AvgIpc) is 3.24. The van der Waals surface area contributed by atoms with Gasteiger partial charge in [0.15, 0.2) is 6.29 Å². The zero-order valence-electron chi connectivity index (χ0n) is 38.3. The Morgan fingerprint density at radius 3 is 1.37 bits per heavy atom. The molecule has 9 heteroatoms. The number of rotatable bonds is 43. The van der Waals surface area contributed by atoms with Gasteiger partial charge < -0.3 is 39.4 Å². The van der Waals surface area contributed by atoms with Crippen LogP contribution < -0.4 is 0 Å². The Morgan fingerprint density at radius 1 is 0.525 bits per heavy atom. The van der Waals surface area contributed by atoms with Gasteiger partial charge >= 0.3 is 5.97 Å². The number of hydrogen-bond acceptors (Lipinski definition) is 9. The molecule has 1 heterocycles. The number of hydrogen-bond donors (Lipinski definition) is 4. The second-order valence-electron chi connectivity index (χ2n) is 17.3. The van der Waals surface area contributed by atoms with Gasteiger partial charge in [-0.3, -0.25) is 4.79 Å². The highest BCUT2D eigenvalue weighted by Gasteiger charge is 2.44. The first kappa shape index (κ1) is 55.7. The van der Waals surface area contributed by atoms with E-state index in [1.54, 1.807) is 0 Å². The summed E-state index contributed by atoms with van der Waals surface area (Å²) in [5, 5.41) is 40.2. The summed E-state index contributed by atoms with van der Waals surface area (Å²) in [4.78, 5) is 12.8. The van der Waals surface area contributed by atoms with Crippen molar-refractivity contribution in [3.05, 3.63) is 24.3 Å². The molecular formula is C50H94O9. The molecule has 1 fully saturated rings. The minimum Gasteiger partial charge on any atom is -0.457 e. The van der Waals surface area contributed by atoms with Gasteiger partial charge in [0.2, 0.25) is 0 Å². The van der Waals surface area contributed by atoms with Crippen LogP contribution in [0.1, 0.15) is 226 Å². The van der Waals surface area contributed by atoms with Gasteiger partial charge in [0.05, 0.1) is 19.8 Å². The summed E-state index contributed by atoms with van der Waals surface area (Å²) in [7, 11) is 0. The fourth-order valence-corrected chi connectivity index (χ4v) is 7.66. The van der Waals surface area contributed by atoms with E-state index in [2.05, 4.69) is 38.2 Å². The molecule has 6 atom stereocenters. The molecule has 4 N–H and O–H groups in total. The summed E-state index contributed by atoms with van der Waals surface area (Å²) < 4.78 is 22.9. The molecule has 0 aromatic rings. The maximum atomic E-state index is 12.8. The lowest BCUT2D eigenvalue weighted by Gasteiger charge is -2.39. The van der Waals surface area contributed by atoms with E-state index in [0.717, 1.165) is 32.1 Å². The molecule has 0 bridgehead atoms. The zero-order chi connectivity index (χ0) is 42.9. The topological polar surface area (TPSA) is 135 Å². The Bertz CT molecular complexity index is 957. The molecule has 1 aliphatic heterocycles. The third-order valence-corrected chi connectivity index (χ3v) is 11.6. The van der Waals surface area contributed by atoms with Gasteiger partial charge in [0.1, 0.15) is 30.5 Å². The molecule has 9 nitrogen and oxygen atoms in total. The van der Waals surface area contributed by atoms with Crippen LogP contribution in [0.5, 0.6) is 0 Å². The van der Waals surface area contributed by atoms with Crippen LogP contribution in [0.4, 0.5) is 0 Å². The van der Waals surface area contributed by atoms with E-state index in [1.807, 2.05) is 0 Å². The first-order valence-electron chi connectivity index (χ1n) is 24.9. The Kier molecular flexibility index (Phi) is 39.6. The molecule has 348 valence electrons. The summed E-state index contributed by atoms with van der Waals surface area (Å²) in [5.74, 6) is -0.315. The minimum atomic E-state index is -1.54. The Hall–Kier alpha value is -1.33. The minimum absolute atomic E-state index is 0.114. The molecule has 0 aliphatic carbocycles. The Morgan fingerprint density at radius 2 is 0.932 bits per heavy atom. The maximum Gasteiger partial charge on any atom is 0.306 e. The van der Waals surface area contributed by atoms with Crippen LogP contribution in [0.2, 0.25) is 0 Å².